The highest BCUT2D eigenvalue weighted by Gasteiger charge is 2.28. The summed E-state index contributed by atoms with van der Waals surface area (Å²) in [5.74, 6) is -1.79. The number of nitrogens with zero attached hydrogens (tertiary/aromatic N) is 2. The van der Waals surface area contributed by atoms with E-state index in [2.05, 4.69) is 21.8 Å². The van der Waals surface area contributed by atoms with Gasteiger partial charge >= 0.3 is 0 Å². The Morgan fingerprint density at radius 3 is 2.39 bits per heavy atom. The zero-order chi connectivity index (χ0) is 23.6. The molecule has 0 bridgehead atoms. The molecule has 1 aliphatic rings. The van der Waals surface area contributed by atoms with Crippen molar-refractivity contribution in [2.24, 2.45) is 0 Å². The Bertz CT molecular complexity index is 1230. The number of hydrogen-bond acceptors (Lipinski definition) is 4. The molecule has 0 aromatic heterocycles. The van der Waals surface area contributed by atoms with E-state index in [-0.39, 0.29) is 12.6 Å². The highest BCUT2D eigenvalue weighted by Crippen LogP contribution is 2.29. The Morgan fingerprint density at radius 2 is 1.70 bits per heavy atom. The fourth-order valence-electron chi connectivity index (χ4n) is 4.19. The van der Waals surface area contributed by atoms with Gasteiger partial charge in [-0.25, -0.2) is 21.9 Å². The highest BCUT2D eigenvalue weighted by molar-refractivity contribution is 7.89. The summed E-state index contributed by atoms with van der Waals surface area (Å²) >= 11 is 0. The molecule has 0 fully saturated rings. The SMILES string of the molecule is CN(C)c1ccc(C(CNS(=O)(=O)c2cc(F)ccc2F)N2CCc3ccccc3C2)cc1. The van der Waals surface area contributed by atoms with Crippen LogP contribution in [0.1, 0.15) is 22.7 Å². The van der Waals surface area contributed by atoms with E-state index in [1.165, 1.54) is 11.1 Å². The summed E-state index contributed by atoms with van der Waals surface area (Å²) in [7, 11) is -0.329. The summed E-state index contributed by atoms with van der Waals surface area (Å²) in [4.78, 5) is 3.52. The molecule has 174 valence electrons. The van der Waals surface area contributed by atoms with Gasteiger partial charge in [0, 0.05) is 45.5 Å². The lowest BCUT2D eigenvalue weighted by Crippen LogP contribution is -2.40. The third-order valence-corrected chi connectivity index (χ3v) is 7.48. The van der Waals surface area contributed by atoms with Gasteiger partial charge in [0.15, 0.2) is 0 Å². The standard InChI is InChI=1S/C25H27F2N3O2S/c1-29(2)22-10-7-19(8-11-22)24(30-14-13-18-5-3-4-6-20(18)17-30)16-28-33(31,32)25-15-21(26)9-12-23(25)27/h3-12,15,24,28H,13-14,16-17H2,1-2H3. The number of sulfonamides is 1. The topological polar surface area (TPSA) is 52.7 Å². The third kappa shape index (κ3) is 5.24. The molecule has 1 heterocycles. The molecule has 0 aliphatic carbocycles. The zero-order valence-electron chi connectivity index (χ0n) is 18.6. The molecule has 33 heavy (non-hydrogen) atoms. The largest absolute Gasteiger partial charge is 0.378 e. The number of benzene rings is 3. The minimum absolute atomic E-state index is 0.0295. The summed E-state index contributed by atoms with van der Waals surface area (Å²) in [5.41, 5.74) is 4.47. The van der Waals surface area contributed by atoms with Crippen molar-refractivity contribution in [1.82, 2.24) is 9.62 Å². The Morgan fingerprint density at radius 1 is 1.00 bits per heavy atom. The van der Waals surface area contributed by atoms with Crippen LogP contribution in [-0.4, -0.2) is 40.5 Å². The van der Waals surface area contributed by atoms with Gasteiger partial charge in [0.2, 0.25) is 10.0 Å². The molecule has 0 saturated heterocycles. The number of hydrogen-bond donors (Lipinski definition) is 1. The molecule has 1 unspecified atom stereocenters. The van der Waals surface area contributed by atoms with Crippen LogP contribution >= 0.6 is 0 Å². The maximum atomic E-state index is 14.2. The Balaban J connectivity index is 1.62. The van der Waals surface area contributed by atoms with Crippen LogP contribution < -0.4 is 9.62 Å². The van der Waals surface area contributed by atoms with Crippen molar-refractivity contribution in [3.63, 3.8) is 0 Å². The van der Waals surface area contributed by atoms with Crippen molar-refractivity contribution in [3.8, 4) is 0 Å². The van der Waals surface area contributed by atoms with Crippen LogP contribution in [0.5, 0.6) is 0 Å². The van der Waals surface area contributed by atoms with Gasteiger partial charge in [-0.3, -0.25) is 4.90 Å². The second-order valence-corrected chi connectivity index (χ2v) is 10.2. The summed E-state index contributed by atoms with van der Waals surface area (Å²) < 4.78 is 55.9. The minimum Gasteiger partial charge on any atom is -0.378 e. The van der Waals surface area contributed by atoms with Crippen LogP contribution in [0.25, 0.3) is 0 Å². The molecular weight excluding hydrogens is 444 g/mol. The molecule has 3 aromatic rings. The lowest BCUT2D eigenvalue weighted by molar-refractivity contribution is 0.180. The molecule has 0 saturated carbocycles. The molecule has 0 spiro atoms. The van der Waals surface area contributed by atoms with Crippen molar-refractivity contribution in [1.29, 1.82) is 0 Å². The molecule has 8 heteroatoms. The van der Waals surface area contributed by atoms with Gasteiger partial charge in [-0.2, -0.15) is 0 Å². The Kier molecular flexibility index (Phi) is 6.78. The lowest BCUT2D eigenvalue weighted by atomic mass is 9.96. The Labute approximate surface area is 193 Å². The summed E-state index contributed by atoms with van der Waals surface area (Å²) in [6.07, 6.45) is 0.855. The van der Waals surface area contributed by atoms with E-state index in [9.17, 15) is 17.2 Å². The normalized spacial score (nSPS) is 15.2. The fourth-order valence-corrected chi connectivity index (χ4v) is 5.31. The third-order valence-electron chi connectivity index (χ3n) is 6.04. The quantitative estimate of drug-likeness (QED) is 0.564. The number of nitrogens with one attached hydrogen (secondary N) is 1. The first-order valence-electron chi connectivity index (χ1n) is 10.8. The van der Waals surface area contributed by atoms with Crippen molar-refractivity contribution in [2.45, 2.75) is 23.9 Å². The molecule has 5 nitrogen and oxygen atoms in total. The summed E-state index contributed by atoms with van der Waals surface area (Å²) in [5, 5.41) is 0. The number of halogens is 2. The van der Waals surface area contributed by atoms with Gasteiger partial charge < -0.3 is 4.90 Å². The van der Waals surface area contributed by atoms with Gasteiger partial charge in [0.05, 0.1) is 0 Å². The second kappa shape index (κ2) is 9.59. The average molecular weight is 472 g/mol. The summed E-state index contributed by atoms with van der Waals surface area (Å²) in [6.45, 7) is 1.46. The van der Waals surface area contributed by atoms with Crippen LogP contribution in [-0.2, 0) is 23.0 Å². The van der Waals surface area contributed by atoms with Gasteiger partial charge in [-0.1, -0.05) is 36.4 Å². The second-order valence-electron chi connectivity index (χ2n) is 8.42. The first kappa shape index (κ1) is 23.4. The van der Waals surface area contributed by atoms with E-state index in [4.69, 9.17) is 0 Å². The summed E-state index contributed by atoms with van der Waals surface area (Å²) in [6, 6.07) is 18.3. The van der Waals surface area contributed by atoms with Crippen molar-refractivity contribution < 1.29 is 17.2 Å². The van der Waals surface area contributed by atoms with E-state index >= 15 is 0 Å². The van der Waals surface area contributed by atoms with E-state index < -0.39 is 26.6 Å². The molecule has 1 aliphatic heterocycles. The molecule has 1 atom stereocenters. The van der Waals surface area contributed by atoms with Crippen LogP contribution in [0, 0.1) is 11.6 Å². The van der Waals surface area contributed by atoms with Crippen LogP contribution in [0.4, 0.5) is 14.5 Å². The number of fused-ring (bicyclic) bond motifs is 1. The number of anilines is 1. The molecule has 1 N–H and O–H groups in total. The lowest BCUT2D eigenvalue weighted by Gasteiger charge is -2.36. The van der Waals surface area contributed by atoms with Crippen LogP contribution in [0.2, 0.25) is 0 Å². The van der Waals surface area contributed by atoms with E-state index in [1.54, 1.807) is 0 Å². The Hall–Kier alpha value is -2.81. The first-order chi connectivity index (χ1) is 15.7. The molecule has 0 radical (unpaired) electrons. The molecular formula is C25H27F2N3O2S. The zero-order valence-corrected chi connectivity index (χ0v) is 19.4. The average Bonchev–Trinajstić information content (AvgIpc) is 2.81. The molecule has 3 aromatic carbocycles. The van der Waals surface area contributed by atoms with E-state index in [0.29, 0.717) is 12.6 Å². The monoisotopic (exact) mass is 471 g/mol. The van der Waals surface area contributed by atoms with Gasteiger partial charge in [0.25, 0.3) is 0 Å². The molecule has 4 rings (SSSR count). The van der Waals surface area contributed by atoms with Crippen LogP contribution in [0.3, 0.4) is 0 Å². The maximum absolute atomic E-state index is 14.2. The highest BCUT2D eigenvalue weighted by atomic mass is 32.2. The maximum Gasteiger partial charge on any atom is 0.243 e. The van der Waals surface area contributed by atoms with E-state index in [1.807, 2.05) is 55.4 Å². The van der Waals surface area contributed by atoms with Gasteiger partial charge in [0.1, 0.15) is 16.5 Å². The smallest absolute Gasteiger partial charge is 0.243 e. The predicted molar refractivity (Wildman–Crippen MR) is 126 cm³/mol. The van der Waals surface area contributed by atoms with E-state index in [0.717, 1.165) is 36.3 Å². The van der Waals surface area contributed by atoms with Gasteiger partial charge in [-0.15, -0.1) is 0 Å². The van der Waals surface area contributed by atoms with Gasteiger partial charge in [-0.05, 0) is 53.4 Å². The molecule has 0 amide bonds. The number of rotatable bonds is 7. The van der Waals surface area contributed by atoms with Crippen molar-refractivity contribution in [2.75, 3.05) is 32.1 Å². The van der Waals surface area contributed by atoms with Crippen LogP contribution in [0.15, 0.2) is 71.6 Å². The minimum atomic E-state index is -4.24. The van der Waals surface area contributed by atoms with Crippen molar-refractivity contribution in [3.05, 3.63) is 95.1 Å². The van der Waals surface area contributed by atoms with Crippen molar-refractivity contribution >= 4 is 15.7 Å². The fraction of sp³-hybridized carbons (Fsp3) is 0.280. The first-order valence-corrected chi connectivity index (χ1v) is 12.3. The predicted octanol–water partition coefficient (Wildman–Crippen LogP) is 4.11.